The van der Waals surface area contributed by atoms with Crippen molar-refractivity contribution in [3.63, 3.8) is 0 Å². The molecule has 2 aromatic carbocycles. The summed E-state index contributed by atoms with van der Waals surface area (Å²) in [6.07, 6.45) is -3.11. The summed E-state index contributed by atoms with van der Waals surface area (Å²) in [5.41, 5.74) is 1.48. The Balaban J connectivity index is 1.45. The van der Waals surface area contributed by atoms with Gasteiger partial charge >= 0.3 is 12.1 Å². The van der Waals surface area contributed by atoms with Crippen molar-refractivity contribution in [2.45, 2.75) is 32.4 Å². The number of carboxylic acids is 1. The lowest BCUT2D eigenvalue weighted by atomic mass is 10.1. The van der Waals surface area contributed by atoms with Crippen LogP contribution in [0, 0.1) is 6.92 Å². The van der Waals surface area contributed by atoms with Crippen LogP contribution in [0.3, 0.4) is 0 Å². The van der Waals surface area contributed by atoms with Crippen molar-refractivity contribution < 1.29 is 36.6 Å². The van der Waals surface area contributed by atoms with Gasteiger partial charge in [-0.25, -0.2) is 4.98 Å². The molecule has 0 radical (unpaired) electrons. The summed E-state index contributed by atoms with van der Waals surface area (Å²) in [7, 11) is 0. The molecule has 0 fully saturated rings. The van der Waals surface area contributed by atoms with Gasteiger partial charge in [0.1, 0.15) is 17.1 Å². The third kappa shape index (κ3) is 4.87. The normalized spacial score (nSPS) is 12.8. The maximum absolute atomic E-state index is 12.8. The van der Waals surface area contributed by atoms with Gasteiger partial charge in [-0.3, -0.25) is 4.79 Å². The molecule has 0 amide bonds. The van der Waals surface area contributed by atoms with Crippen LogP contribution in [0.2, 0.25) is 0 Å². The van der Waals surface area contributed by atoms with E-state index in [1.54, 1.807) is 25.1 Å². The minimum atomic E-state index is -4.40. The first-order valence-corrected chi connectivity index (χ1v) is 10.1. The van der Waals surface area contributed by atoms with Crippen molar-refractivity contribution in [2.24, 2.45) is 0 Å². The molecule has 6 nitrogen and oxygen atoms in total. The fourth-order valence-electron chi connectivity index (χ4n) is 3.54. The fraction of sp³-hybridized carbons (Fsp3) is 0.250. The molecule has 172 valence electrons. The molecule has 33 heavy (non-hydrogen) atoms. The van der Waals surface area contributed by atoms with Crippen LogP contribution in [0.15, 0.2) is 57.6 Å². The zero-order valence-electron chi connectivity index (χ0n) is 17.8. The number of oxazole rings is 1. The van der Waals surface area contributed by atoms with E-state index >= 15 is 0 Å². The number of aryl methyl sites for hydroxylation is 1. The van der Waals surface area contributed by atoms with Gasteiger partial charge in [-0.2, -0.15) is 13.2 Å². The smallest absolute Gasteiger partial charge is 0.416 e. The maximum Gasteiger partial charge on any atom is 0.416 e. The van der Waals surface area contributed by atoms with Crippen molar-refractivity contribution in [3.05, 3.63) is 71.3 Å². The monoisotopic (exact) mass is 459 g/mol. The van der Waals surface area contributed by atoms with Crippen LogP contribution in [0.1, 0.15) is 35.4 Å². The second-order valence-corrected chi connectivity index (χ2v) is 7.74. The highest BCUT2D eigenvalue weighted by atomic mass is 19.4. The minimum Gasteiger partial charge on any atom is -0.493 e. The standard InChI is InChI=1S/C24H20F3NO5/c1-13(11-31-18-7-8-19-16(9-21(29)30)12-32-20(19)10-18)22-14(2)33-23(28-22)15-3-5-17(6-4-15)24(25,26)27/h3-8,10,12-13H,9,11H2,1-2H3,(H,29,30). The van der Waals surface area contributed by atoms with Crippen molar-refractivity contribution in [1.29, 1.82) is 0 Å². The van der Waals surface area contributed by atoms with Crippen molar-refractivity contribution >= 4 is 16.9 Å². The van der Waals surface area contributed by atoms with Crippen LogP contribution >= 0.6 is 0 Å². The molecule has 2 heterocycles. The molecule has 4 aromatic rings. The summed E-state index contributed by atoms with van der Waals surface area (Å²) in [6.45, 7) is 3.91. The average molecular weight is 459 g/mol. The molecule has 1 unspecified atom stereocenters. The Labute approximate surface area is 186 Å². The summed E-state index contributed by atoms with van der Waals surface area (Å²) in [5.74, 6) is 0.249. The molecule has 2 aromatic heterocycles. The number of benzene rings is 2. The topological polar surface area (TPSA) is 85.7 Å². The molecular weight excluding hydrogens is 439 g/mol. The van der Waals surface area contributed by atoms with Gasteiger partial charge in [0, 0.05) is 28.5 Å². The highest BCUT2D eigenvalue weighted by Crippen LogP contribution is 2.32. The first kappa shape index (κ1) is 22.4. The molecule has 0 aliphatic carbocycles. The zero-order chi connectivity index (χ0) is 23.8. The Morgan fingerprint density at radius 3 is 2.58 bits per heavy atom. The van der Waals surface area contributed by atoms with Gasteiger partial charge in [0.2, 0.25) is 5.89 Å². The van der Waals surface area contributed by atoms with E-state index in [0.29, 0.717) is 39.3 Å². The molecule has 9 heteroatoms. The number of nitrogens with zero attached hydrogens (tertiary/aromatic N) is 1. The largest absolute Gasteiger partial charge is 0.493 e. The third-order valence-corrected chi connectivity index (χ3v) is 5.23. The lowest BCUT2D eigenvalue weighted by Gasteiger charge is -2.11. The highest BCUT2D eigenvalue weighted by Gasteiger charge is 2.30. The Morgan fingerprint density at radius 1 is 1.18 bits per heavy atom. The van der Waals surface area contributed by atoms with Gasteiger partial charge in [-0.1, -0.05) is 6.92 Å². The van der Waals surface area contributed by atoms with Crippen molar-refractivity contribution in [1.82, 2.24) is 4.98 Å². The lowest BCUT2D eigenvalue weighted by molar-refractivity contribution is -0.138. The number of halogens is 3. The van der Waals surface area contributed by atoms with Crippen molar-refractivity contribution in [2.75, 3.05) is 6.61 Å². The summed E-state index contributed by atoms with van der Waals surface area (Å²) < 4.78 is 55.3. The second kappa shape index (κ2) is 8.65. The number of carbonyl (C=O) groups is 1. The molecule has 1 N–H and O–H groups in total. The molecule has 0 aliphatic rings. The predicted octanol–water partition coefficient (Wildman–Crippen LogP) is 6.22. The van der Waals surface area contributed by atoms with Crippen LogP contribution in [-0.2, 0) is 17.4 Å². The first-order chi connectivity index (χ1) is 15.6. The minimum absolute atomic E-state index is 0.128. The number of ether oxygens (including phenoxy) is 1. The van der Waals surface area contributed by atoms with Gasteiger partial charge in [-0.05, 0) is 43.3 Å². The lowest BCUT2D eigenvalue weighted by Crippen LogP contribution is -2.08. The van der Waals surface area contributed by atoms with E-state index in [-0.39, 0.29) is 24.8 Å². The molecule has 1 atom stereocenters. The van der Waals surface area contributed by atoms with Gasteiger partial charge in [0.05, 0.1) is 30.5 Å². The molecule has 0 aliphatic heterocycles. The van der Waals surface area contributed by atoms with E-state index < -0.39 is 17.7 Å². The van der Waals surface area contributed by atoms with Crippen LogP contribution < -0.4 is 4.74 Å². The Bertz CT molecular complexity index is 1290. The number of carboxylic acid groups (broad SMARTS) is 1. The number of hydrogen-bond donors (Lipinski definition) is 1. The highest BCUT2D eigenvalue weighted by molar-refractivity contribution is 5.86. The van der Waals surface area contributed by atoms with E-state index in [2.05, 4.69) is 4.98 Å². The van der Waals surface area contributed by atoms with Gasteiger partial charge in [0.15, 0.2) is 0 Å². The predicted molar refractivity (Wildman–Crippen MR) is 113 cm³/mol. The van der Waals surface area contributed by atoms with Crippen LogP contribution in [0.5, 0.6) is 5.75 Å². The zero-order valence-corrected chi connectivity index (χ0v) is 17.8. The Hall–Kier alpha value is -3.75. The quantitative estimate of drug-likeness (QED) is 0.353. The Kier molecular flexibility index (Phi) is 5.88. The van der Waals surface area contributed by atoms with Gasteiger partial charge in [0.25, 0.3) is 0 Å². The molecule has 0 bridgehead atoms. The number of furan rings is 1. The van der Waals surface area contributed by atoms with E-state index in [4.69, 9.17) is 18.7 Å². The number of hydrogen-bond acceptors (Lipinski definition) is 5. The van der Waals surface area contributed by atoms with Crippen LogP contribution in [-0.4, -0.2) is 22.7 Å². The van der Waals surface area contributed by atoms with Gasteiger partial charge < -0.3 is 18.7 Å². The Morgan fingerprint density at radius 2 is 1.91 bits per heavy atom. The molecule has 0 saturated carbocycles. The molecular formula is C24H20F3NO5. The summed E-state index contributed by atoms with van der Waals surface area (Å²) in [5, 5.41) is 9.68. The number of alkyl halides is 3. The molecule has 0 saturated heterocycles. The molecule has 4 rings (SSSR count). The second-order valence-electron chi connectivity index (χ2n) is 7.74. The molecule has 0 spiro atoms. The summed E-state index contributed by atoms with van der Waals surface area (Å²) in [6, 6.07) is 9.82. The number of fused-ring (bicyclic) bond motifs is 1. The number of rotatable bonds is 7. The SMILES string of the molecule is Cc1oc(-c2ccc(C(F)(F)F)cc2)nc1C(C)COc1ccc2c(CC(=O)O)coc2c1. The van der Waals surface area contributed by atoms with E-state index in [9.17, 15) is 18.0 Å². The van der Waals surface area contributed by atoms with Crippen LogP contribution in [0.25, 0.3) is 22.4 Å². The summed E-state index contributed by atoms with van der Waals surface area (Å²) in [4.78, 5) is 15.4. The van der Waals surface area contributed by atoms with Crippen LogP contribution in [0.4, 0.5) is 13.2 Å². The third-order valence-electron chi connectivity index (χ3n) is 5.23. The average Bonchev–Trinajstić information content (AvgIpc) is 3.34. The van der Waals surface area contributed by atoms with Crippen molar-refractivity contribution in [3.8, 4) is 17.2 Å². The maximum atomic E-state index is 12.8. The van der Waals surface area contributed by atoms with E-state index in [1.165, 1.54) is 18.4 Å². The van der Waals surface area contributed by atoms with E-state index in [1.807, 2.05) is 6.92 Å². The van der Waals surface area contributed by atoms with E-state index in [0.717, 1.165) is 12.1 Å². The van der Waals surface area contributed by atoms with Gasteiger partial charge in [-0.15, -0.1) is 0 Å². The fourth-order valence-corrected chi connectivity index (χ4v) is 3.54. The number of aromatic nitrogens is 1. The summed E-state index contributed by atoms with van der Waals surface area (Å²) >= 11 is 0. The number of aliphatic carboxylic acids is 1. The first-order valence-electron chi connectivity index (χ1n) is 10.1.